The van der Waals surface area contributed by atoms with Crippen molar-refractivity contribution < 1.29 is 0 Å². The average molecular weight is 282 g/mol. The highest BCUT2D eigenvalue weighted by atomic mass is 15.3. The van der Waals surface area contributed by atoms with E-state index in [1.807, 2.05) is 12.1 Å². The third-order valence-corrected chi connectivity index (χ3v) is 5.14. The van der Waals surface area contributed by atoms with Crippen molar-refractivity contribution in [2.45, 2.75) is 25.8 Å². The Labute approximate surface area is 125 Å². The van der Waals surface area contributed by atoms with Gasteiger partial charge < -0.3 is 5.43 Å². The molecule has 0 amide bonds. The number of fused-ring (bicyclic) bond motifs is 2. The van der Waals surface area contributed by atoms with E-state index < -0.39 is 0 Å². The van der Waals surface area contributed by atoms with Crippen LogP contribution in [-0.2, 0) is 6.54 Å². The molecule has 1 aliphatic heterocycles. The van der Waals surface area contributed by atoms with Crippen molar-refractivity contribution in [3.63, 3.8) is 0 Å². The number of hydrazine groups is 1. The monoisotopic (exact) mass is 282 g/mol. The van der Waals surface area contributed by atoms with Gasteiger partial charge in [-0.25, -0.2) is 10.8 Å². The molecule has 1 aromatic heterocycles. The number of nitrogens with two attached hydrogens (primary N) is 1. The summed E-state index contributed by atoms with van der Waals surface area (Å²) in [5.41, 5.74) is 4.97. The highest BCUT2D eigenvalue weighted by molar-refractivity contribution is 5.81. The summed E-state index contributed by atoms with van der Waals surface area (Å²) in [6.45, 7) is 3.42. The molecule has 1 aliphatic carbocycles. The van der Waals surface area contributed by atoms with Crippen LogP contribution in [0.5, 0.6) is 0 Å². The first kappa shape index (κ1) is 13.0. The molecule has 1 aromatic carbocycles. The normalized spacial score (nSPS) is 25.4. The lowest BCUT2D eigenvalue weighted by Crippen LogP contribution is -2.23. The molecular formula is C17H22N4. The number of likely N-dealkylation sites (tertiary alicyclic amines) is 1. The molecule has 0 bridgehead atoms. The lowest BCUT2D eigenvalue weighted by Gasteiger charge is -2.19. The van der Waals surface area contributed by atoms with E-state index in [4.69, 9.17) is 5.84 Å². The molecular weight excluding hydrogens is 260 g/mol. The Morgan fingerprint density at radius 2 is 1.95 bits per heavy atom. The predicted molar refractivity (Wildman–Crippen MR) is 85.7 cm³/mol. The number of aromatic nitrogens is 1. The SMILES string of the molecule is NNc1nc2ccccc2cc1CN1CC2CCCC2C1. The molecule has 0 spiro atoms. The quantitative estimate of drug-likeness (QED) is 0.671. The molecule has 2 atom stereocenters. The summed E-state index contributed by atoms with van der Waals surface area (Å²) >= 11 is 0. The molecule has 4 heteroatoms. The van der Waals surface area contributed by atoms with Gasteiger partial charge in [-0.3, -0.25) is 4.90 Å². The molecule has 2 aliphatic rings. The highest BCUT2D eigenvalue weighted by Gasteiger charge is 2.35. The van der Waals surface area contributed by atoms with E-state index in [2.05, 4.69) is 33.5 Å². The van der Waals surface area contributed by atoms with Gasteiger partial charge in [-0.1, -0.05) is 24.6 Å². The third kappa shape index (κ3) is 2.39. The van der Waals surface area contributed by atoms with Crippen molar-refractivity contribution in [3.8, 4) is 0 Å². The molecule has 4 nitrogen and oxygen atoms in total. The van der Waals surface area contributed by atoms with Crippen molar-refractivity contribution in [2.75, 3.05) is 18.5 Å². The minimum Gasteiger partial charge on any atom is -0.308 e. The second-order valence-electron chi connectivity index (χ2n) is 6.48. The topological polar surface area (TPSA) is 54.2 Å². The fourth-order valence-corrected chi connectivity index (χ4v) is 4.11. The van der Waals surface area contributed by atoms with Crippen LogP contribution in [0.4, 0.5) is 5.82 Å². The molecule has 2 unspecified atom stereocenters. The first-order valence-electron chi connectivity index (χ1n) is 7.91. The van der Waals surface area contributed by atoms with Crippen LogP contribution < -0.4 is 11.3 Å². The summed E-state index contributed by atoms with van der Waals surface area (Å²) in [6, 6.07) is 10.4. The maximum atomic E-state index is 5.68. The highest BCUT2D eigenvalue weighted by Crippen LogP contribution is 2.38. The molecule has 0 radical (unpaired) electrons. The predicted octanol–water partition coefficient (Wildman–Crippen LogP) is 2.75. The summed E-state index contributed by atoms with van der Waals surface area (Å²) in [5, 5.41) is 1.19. The zero-order chi connectivity index (χ0) is 14.2. The summed E-state index contributed by atoms with van der Waals surface area (Å²) in [6.07, 6.45) is 4.26. The van der Waals surface area contributed by atoms with E-state index in [0.29, 0.717) is 0 Å². The van der Waals surface area contributed by atoms with Gasteiger partial charge in [0.05, 0.1) is 5.52 Å². The van der Waals surface area contributed by atoms with E-state index in [0.717, 1.165) is 29.7 Å². The smallest absolute Gasteiger partial charge is 0.145 e. The van der Waals surface area contributed by atoms with Gasteiger partial charge in [-0.2, -0.15) is 0 Å². The van der Waals surface area contributed by atoms with Crippen LogP contribution >= 0.6 is 0 Å². The van der Waals surface area contributed by atoms with Gasteiger partial charge in [0.2, 0.25) is 0 Å². The number of anilines is 1. The second kappa shape index (κ2) is 5.28. The number of hydrogen-bond acceptors (Lipinski definition) is 4. The van der Waals surface area contributed by atoms with Crippen LogP contribution in [0.2, 0.25) is 0 Å². The number of nitrogen functional groups attached to an aromatic ring is 1. The largest absolute Gasteiger partial charge is 0.308 e. The van der Waals surface area contributed by atoms with Gasteiger partial charge in [0.15, 0.2) is 0 Å². The molecule has 4 rings (SSSR count). The molecule has 2 aromatic rings. The van der Waals surface area contributed by atoms with Crippen LogP contribution in [0.25, 0.3) is 10.9 Å². The molecule has 21 heavy (non-hydrogen) atoms. The van der Waals surface area contributed by atoms with E-state index in [9.17, 15) is 0 Å². The Hall–Kier alpha value is -1.65. The fourth-order valence-electron chi connectivity index (χ4n) is 4.11. The minimum atomic E-state index is 0.811. The number of para-hydroxylation sites is 1. The maximum Gasteiger partial charge on any atom is 0.145 e. The fraction of sp³-hybridized carbons (Fsp3) is 0.471. The summed E-state index contributed by atoms with van der Waals surface area (Å²) in [5.74, 6) is 8.34. The average Bonchev–Trinajstić information content (AvgIpc) is 3.07. The number of hydrogen-bond donors (Lipinski definition) is 2. The van der Waals surface area contributed by atoms with Crippen molar-refractivity contribution in [1.82, 2.24) is 9.88 Å². The summed E-state index contributed by atoms with van der Waals surface area (Å²) in [4.78, 5) is 7.22. The van der Waals surface area contributed by atoms with Crippen molar-refractivity contribution in [2.24, 2.45) is 17.7 Å². The number of rotatable bonds is 3. The summed E-state index contributed by atoms with van der Waals surface area (Å²) in [7, 11) is 0. The van der Waals surface area contributed by atoms with Crippen LogP contribution in [-0.4, -0.2) is 23.0 Å². The van der Waals surface area contributed by atoms with Gasteiger partial charge in [-0.15, -0.1) is 0 Å². The molecule has 1 saturated heterocycles. The molecule has 1 saturated carbocycles. The van der Waals surface area contributed by atoms with Gasteiger partial charge in [0.1, 0.15) is 5.82 Å². The first-order chi connectivity index (χ1) is 10.3. The maximum absolute atomic E-state index is 5.68. The molecule has 3 N–H and O–H groups in total. The molecule has 2 heterocycles. The van der Waals surface area contributed by atoms with Crippen LogP contribution in [0.1, 0.15) is 24.8 Å². The second-order valence-corrected chi connectivity index (χ2v) is 6.48. The number of pyridine rings is 1. The van der Waals surface area contributed by atoms with Gasteiger partial charge >= 0.3 is 0 Å². The first-order valence-corrected chi connectivity index (χ1v) is 7.91. The standard InChI is InChI=1S/C17H22N4/c18-20-17-15(8-12-4-1-2-7-16(12)19-17)11-21-9-13-5-3-6-14(13)10-21/h1-2,4,7-8,13-14H,3,5-6,9-11,18H2,(H,19,20). The van der Waals surface area contributed by atoms with Crippen molar-refractivity contribution in [3.05, 3.63) is 35.9 Å². The Kier molecular flexibility index (Phi) is 3.28. The lowest BCUT2D eigenvalue weighted by molar-refractivity contribution is 0.304. The van der Waals surface area contributed by atoms with Crippen LogP contribution in [0.3, 0.4) is 0 Å². The third-order valence-electron chi connectivity index (χ3n) is 5.14. The minimum absolute atomic E-state index is 0.811. The van der Waals surface area contributed by atoms with E-state index in [1.165, 1.54) is 43.3 Å². The summed E-state index contributed by atoms with van der Waals surface area (Å²) < 4.78 is 0. The molecule has 110 valence electrons. The molecule has 2 fully saturated rings. The van der Waals surface area contributed by atoms with Crippen molar-refractivity contribution in [1.29, 1.82) is 0 Å². The van der Waals surface area contributed by atoms with Gasteiger partial charge in [0, 0.05) is 30.6 Å². The number of nitrogens with zero attached hydrogens (tertiary/aromatic N) is 2. The van der Waals surface area contributed by atoms with Crippen LogP contribution in [0.15, 0.2) is 30.3 Å². The Morgan fingerprint density at radius 3 is 2.71 bits per heavy atom. The zero-order valence-electron chi connectivity index (χ0n) is 12.3. The van der Waals surface area contributed by atoms with Gasteiger partial charge in [-0.05, 0) is 36.8 Å². The number of nitrogens with one attached hydrogen (secondary N) is 1. The van der Waals surface area contributed by atoms with E-state index in [-0.39, 0.29) is 0 Å². The Morgan fingerprint density at radius 1 is 1.19 bits per heavy atom. The van der Waals surface area contributed by atoms with E-state index >= 15 is 0 Å². The van der Waals surface area contributed by atoms with E-state index in [1.54, 1.807) is 0 Å². The van der Waals surface area contributed by atoms with Crippen molar-refractivity contribution >= 4 is 16.7 Å². The Bertz CT molecular complexity index is 642. The zero-order valence-corrected chi connectivity index (χ0v) is 12.3. The van der Waals surface area contributed by atoms with Gasteiger partial charge in [0.25, 0.3) is 0 Å². The van der Waals surface area contributed by atoms with Crippen LogP contribution in [0, 0.1) is 11.8 Å². The Balaban J connectivity index is 1.60. The number of benzene rings is 1. The lowest BCUT2D eigenvalue weighted by atomic mass is 10.0.